The first-order chi connectivity index (χ1) is 11.9. The molecular weight excluding hydrogens is 320 g/mol. The molecule has 0 atom stereocenters. The van der Waals surface area contributed by atoms with Crippen molar-refractivity contribution in [3.05, 3.63) is 23.8 Å². The van der Waals surface area contributed by atoms with Crippen LogP contribution in [0.25, 0.3) is 0 Å². The summed E-state index contributed by atoms with van der Waals surface area (Å²) in [5.41, 5.74) is -0.216. The van der Waals surface area contributed by atoms with Crippen LogP contribution in [0, 0.1) is 17.2 Å². The quantitative estimate of drug-likeness (QED) is 0.653. The van der Waals surface area contributed by atoms with Gasteiger partial charge in [0, 0.05) is 19.6 Å². The first-order valence-corrected chi connectivity index (χ1v) is 8.58. The molecule has 0 radical (unpaired) electrons. The Balaban J connectivity index is 2.20. The van der Waals surface area contributed by atoms with Crippen LogP contribution in [0.4, 0.5) is 5.69 Å². The van der Waals surface area contributed by atoms with Crippen LogP contribution >= 0.6 is 0 Å². The van der Waals surface area contributed by atoms with E-state index in [-0.39, 0.29) is 17.2 Å². The second-order valence-corrected chi connectivity index (χ2v) is 6.48. The van der Waals surface area contributed by atoms with Crippen molar-refractivity contribution in [3.63, 3.8) is 0 Å². The number of amides is 1. The van der Waals surface area contributed by atoms with Crippen LogP contribution in [0.15, 0.2) is 18.2 Å². The number of hydrogen-bond acceptors (Lipinski definition) is 5. The van der Waals surface area contributed by atoms with Gasteiger partial charge >= 0.3 is 5.97 Å². The minimum absolute atomic E-state index is 0.224. The second-order valence-electron chi connectivity index (χ2n) is 6.48. The Hall–Kier alpha value is -2.39. The highest BCUT2D eigenvalue weighted by atomic mass is 16.5. The summed E-state index contributed by atoms with van der Waals surface area (Å²) < 4.78 is 10.8. The number of carbonyl (C=O) groups excluding carboxylic acids is 2. The minimum atomic E-state index is -0.845. The fourth-order valence-corrected chi connectivity index (χ4v) is 3.13. The number of nitriles is 1. The van der Waals surface area contributed by atoms with Gasteiger partial charge in [-0.05, 0) is 50.7 Å². The average Bonchev–Trinajstić information content (AvgIpc) is 2.58. The molecule has 0 unspecified atom stereocenters. The van der Waals surface area contributed by atoms with Crippen LogP contribution in [0.3, 0.4) is 0 Å². The van der Waals surface area contributed by atoms with E-state index in [2.05, 4.69) is 12.2 Å². The van der Waals surface area contributed by atoms with E-state index in [9.17, 15) is 14.9 Å². The Morgan fingerprint density at radius 1 is 1.36 bits per heavy atom. The van der Waals surface area contributed by atoms with Crippen molar-refractivity contribution in [2.24, 2.45) is 5.92 Å². The zero-order valence-electron chi connectivity index (χ0n) is 14.9. The molecule has 1 aliphatic rings. The molecule has 25 heavy (non-hydrogen) atoms. The maximum atomic E-state index is 12.9. The number of anilines is 1. The lowest BCUT2D eigenvalue weighted by Crippen LogP contribution is -2.48. The van der Waals surface area contributed by atoms with Crippen LogP contribution in [-0.2, 0) is 14.3 Å². The van der Waals surface area contributed by atoms with Crippen LogP contribution in [0.1, 0.15) is 52.0 Å². The van der Waals surface area contributed by atoms with Crippen LogP contribution in [-0.4, -0.2) is 24.1 Å². The molecule has 2 rings (SSSR count). The van der Waals surface area contributed by atoms with E-state index >= 15 is 0 Å². The van der Waals surface area contributed by atoms with Crippen LogP contribution < -0.4 is 10.1 Å². The highest BCUT2D eigenvalue weighted by Gasteiger charge is 2.42. The molecule has 6 heteroatoms. The van der Waals surface area contributed by atoms with Crippen molar-refractivity contribution in [2.75, 3.05) is 11.9 Å². The summed E-state index contributed by atoms with van der Waals surface area (Å²) in [4.78, 5) is 23.9. The van der Waals surface area contributed by atoms with Crippen molar-refractivity contribution in [1.29, 1.82) is 5.26 Å². The summed E-state index contributed by atoms with van der Waals surface area (Å²) in [5, 5.41) is 12.2. The standard InChI is InChI=1S/C19H24N2O4/c1-4-24-19(9-7-13(2)8-10-19)18(23)21-17-6-5-16(25-14(3)22)11-15(17)12-20/h5-6,11,13H,4,7-10H2,1-3H3,(H,21,23). The lowest BCUT2D eigenvalue weighted by Gasteiger charge is -2.37. The minimum Gasteiger partial charge on any atom is -0.427 e. The number of ether oxygens (including phenoxy) is 2. The third-order valence-corrected chi connectivity index (χ3v) is 4.54. The highest BCUT2D eigenvalue weighted by molar-refractivity contribution is 5.98. The van der Waals surface area contributed by atoms with Gasteiger partial charge in [0.15, 0.2) is 0 Å². The lowest BCUT2D eigenvalue weighted by molar-refractivity contribution is -0.146. The maximum Gasteiger partial charge on any atom is 0.308 e. The molecule has 1 N–H and O–H groups in total. The van der Waals surface area contributed by atoms with Gasteiger partial charge in [0.1, 0.15) is 17.4 Å². The van der Waals surface area contributed by atoms with Crippen molar-refractivity contribution in [1.82, 2.24) is 0 Å². The Morgan fingerprint density at radius 2 is 2.04 bits per heavy atom. The predicted molar refractivity (Wildman–Crippen MR) is 93.1 cm³/mol. The summed E-state index contributed by atoms with van der Waals surface area (Å²) in [7, 11) is 0. The summed E-state index contributed by atoms with van der Waals surface area (Å²) in [6.07, 6.45) is 3.20. The number of nitrogens with one attached hydrogen (secondary N) is 1. The molecule has 1 aromatic carbocycles. The summed E-state index contributed by atoms with van der Waals surface area (Å²) >= 11 is 0. The van der Waals surface area contributed by atoms with Crippen LogP contribution in [0.5, 0.6) is 5.75 Å². The molecular formula is C19H24N2O4. The van der Waals surface area contributed by atoms with Crippen LogP contribution in [0.2, 0.25) is 0 Å². The number of rotatable bonds is 5. The van der Waals surface area contributed by atoms with Gasteiger partial charge in [-0.2, -0.15) is 5.26 Å². The van der Waals surface area contributed by atoms with E-state index in [0.717, 1.165) is 12.8 Å². The molecule has 0 aromatic heterocycles. The molecule has 0 bridgehead atoms. The largest absolute Gasteiger partial charge is 0.427 e. The average molecular weight is 344 g/mol. The van der Waals surface area contributed by atoms with E-state index in [1.165, 1.54) is 13.0 Å². The molecule has 6 nitrogen and oxygen atoms in total. The Labute approximate surface area is 148 Å². The van der Waals surface area contributed by atoms with Gasteiger partial charge in [0.2, 0.25) is 0 Å². The topological polar surface area (TPSA) is 88.4 Å². The van der Waals surface area contributed by atoms with Gasteiger partial charge in [-0.15, -0.1) is 0 Å². The van der Waals surface area contributed by atoms with Gasteiger partial charge < -0.3 is 14.8 Å². The predicted octanol–water partition coefficient (Wildman–Crippen LogP) is 3.41. The van der Waals surface area contributed by atoms with E-state index in [0.29, 0.717) is 31.1 Å². The molecule has 1 aromatic rings. The molecule has 1 fully saturated rings. The first-order valence-electron chi connectivity index (χ1n) is 8.58. The summed E-state index contributed by atoms with van der Waals surface area (Å²) in [5.74, 6) is 0.164. The maximum absolute atomic E-state index is 12.9. The van der Waals surface area contributed by atoms with Gasteiger partial charge in [-0.3, -0.25) is 9.59 Å². The van der Waals surface area contributed by atoms with Gasteiger partial charge in [-0.25, -0.2) is 0 Å². The molecule has 1 aliphatic carbocycles. The van der Waals surface area contributed by atoms with Gasteiger partial charge in [0.05, 0.1) is 11.3 Å². The molecule has 0 aliphatic heterocycles. The van der Waals surface area contributed by atoms with Crippen molar-refractivity contribution in [3.8, 4) is 11.8 Å². The van der Waals surface area contributed by atoms with Gasteiger partial charge in [-0.1, -0.05) is 6.92 Å². The third kappa shape index (κ3) is 4.58. The number of carbonyl (C=O) groups is 2. The Morgan fingerprint density at radius 3 is 2.60 bits per heavy atom. The monoisotopic (exact) mass is 344 g/mol. The van der Waals surface area contributed by atoms with Crippen molar-refractivity contribution >= 4 is 17.6 Å². The first kappa shape index (κ1) is 18.9. The lowest BCUT2D eigenvalue weighted by atomic mass is 9.78. The van der Waals surface area contributed by atoms with Crippen molar-refractivity contribution in [2.45, 2.75) is 52.1 Å². The van der Waals surface area contributed by atoms with E-state index in [4.69, 9.17) is 9.47 Å². The second kappa shape index (κ2) is 8.13. The zero-order valence-corrected chi connectivity index (χ0v) is 14.9. The SMILES string of the molecule is CCOC1(C(=O)Nc2ccc(OC(C)=O)cc2C#N)CCC(C)CC1. The van der Waals surface area contributed by atoms with E-state index in [1.54, 1.807) is 12.1 Å². The van der Waals surface area contributed by atoms with E-state index in [1.807, 2.05) is 13.0 Å². The normalized spacial score (nSPS) is 22.7. The molecule has 1 amide bonds. The Bertz CT molecular complexity index is 685. The third-order valence-electron chi connectivity index (χ3n) is 4.54. The van der Waals surface area contributed by atoms with E-state index < -0.39 is 11.6 Å². The summed E-state index contributed by atoms with van der Waals surface area (Å²) in [6.45, 7) is 5.80. The number of benzene rings is 1. The zero-order chi connectivity index (χ0) is 18.4. The Kier molecular flexibility index (Phi) is 6.16. The smallest absolute Gasteiger partial charge is 0.308 e. The molecule has 134 valence electrons. The summed E-state index contributed by atoms with van der Waals surface area (Å²) in [6, 6.07) is 6.58. The van der Waals surface area contributed by atoms with Crippen molar-refractivity contribution < 1.29 is 19.1 Å². The van der Waals surface area contributed by atoms with Gasteiger partial charge in [0.25, 0.3) is 5.91 Å². The fraction of sp³-hybridized carbons (Fsp3) is 0.526. The number of esters is 1. The number of hydrogen-bond donors (Lipinski definition) is 1. The fourth-order valence-electron chi connectivity index (χ4n) is 3.13. The number of nitrogens with zero attached hydrogens (tertiary/aromatic N) is 1. The molecule has 0 spiro atoms. The molecule has 0 heterocycles. The molecule has 1 saturated carbocycles. The highest BCUT2D eigenvalue weighted by Crippen LogP contribution is 2.36. The molecule has 0 saturated heterocycles.